The molecule has 2 heterocycles. The molecule has 76 valence electrons. The molecule has 1 aliphatic rings. The SMILES string of the molecule is O=C(O)N1CCCCC1c1ccsc1. The minimum absolute atomic E-state index is 0.0903. The van der Waals surface area contributed by atoms with Crippen molar-refractivity contribution in [2.75, 3.05) is 6.54 Å². The zero-order chi connectivity index (χ0) is 9.97. The van der Waals surface area contributed by atoms with Crippen molar-refractivity contribution in [1.82, 2.24) is 4.90 Å². The van der Waals surface area contributed by atoms with E-state index >= 15 is 0 Å². The third-order valence-corrected chi connectivity index (χ3v) is 3.38. The summed E-state index contributed by atoms with van der Waals surface area (Å²) in [6.45, 7) is 0.676. The number of nitrogens with zero attached hydrogens (tertiary/aromatic N) is 1. The van der Waals surface area contributed by atoms with Crippen molar-refractivity contribution in [1.29, 1.82) is 0 Å². The summed E-state index contributed by atoms with van der Waals surface area (Å²) in [5.74, 6) is 0. The van der Waals surface area contributed by atoms with Crippen LogP contribution in [0.5, 0.6) is 0 Å². The van der Waals surface area contributed by atoms with Gasteiger partial charge in [-0.1, -0.05) is 0 Å². The van der Waals surface area contributed by atoms with Crippen LogP contribution in [0.25, 0.3) is 0 Å². The van der Waals surface area contributed by atoms with Crippen LogP contribution < -0.4 is 0 Å². The number of rotatable bonds is 1. The van der Waals surface area contributed by atoms with Gasteiger partial charge >= 0.3 is 6.09 Å². The molecule has 0 aromatic carbocycles. The van der Waals surface area contributed by atoms with Gasteiger partial charge in [-0.3, -0.25) is 0 Å². The van der Waals surface area contributed by atoms with Crippen molar-refractivity contribution in [3.63, 3.8) is 0 Å². The standard InChI is InChI=1S/C10H13NO2S/c12-10(13)11-5-2-1-3-9(11)8-4-6-14-7-8/h4,6-7,9H,1-3,5H2,(H,12,13). The minimum atomic E-state index is -0.791. The Kier molecular flexibility index (Phi) is 2.72. The lowest BCUT2D eigenvalue weighted by molar-refractivity contribution is 0.107. The lowest BCUT2D eigenvalue weighted by Gasteiger charge is -2.33. The largest absolute Gasteiger partial charge is 0.465 e. The van der Waals surface area contributed by atoms with Crippen LogP contribution in [0, 0.1) is 0 Å². The summed E-state index contributed by atoms with van der Waals surface area (Å²) in [5.41, 5.74) is 1.15. The van der Waals surface area contributed by atoms with E-state index in [0.717, 1.165) is 24.8 Å². The molecule has 1 fully saturated rings. The quantitative estimate of drug-likeness (QED) is 0.775. The van der Waals surface area contributed by atoms with Gasteiger partial charge in [0, 0.05) is 6.54 Å². The van der Waals surface area contributed by atoms with Gasteiger partial charge in [0.2, 0.25) is 0 Å². The second kappa shape index (κ2) is 4.00. The van der Waals surface area contributed by atoms with Crippen LogP contribution in [-0.2, 0) is 0 Å². The summed E-state index contributed by atoms with van der Waals surface area (Å²) < 4.78 is 0. The molecule has 14 heavy (non-hydrogen) atoms. The second-order valence-corrected chi connectivity index (χ2v) is 4.32. The monoisotopic (exact) mass is 211 g/mol. The van der Waals surface area contributed by atoms with E-state index in [1.54, 1.807) is 16.2 Å². The summed E-state index contributed by atoms with van der Waals surface area (Å²) in [7, 11) is 0. The molecular formula is C10H13NO2S. The van der Waals surface area contributed by atoms with E-state index in [1.165, 1.54) is 0 Å². The third kappa shape index (κ3) is 1.75. The Morgan fingerprint density at radius 2 is 2.43 bits per heavy atom. The maximum atomic E-state index is 11.0. The molecule has 0 aliphatic carbocycles. The number of amides is 1. The van der Waals surface area contributed by atoms with Crippen molar-refractivity contribution in [3.05, 3.63) is 22.4 Å². The number of carbonyl (C=O) groups is 1. The molecule has 4 heteroatoms. The molecule has 1 atom stereocenters. The first-order valence-electron chi connectivity index (χ1n) is 4.80. The highest BCUT2D eigenvalue weighted by molar-refractivity contribution is 7.07. The predicted molar refractivity (Wildman–Crippen MR) is 55.6 cm³/mol. The van der Waals surface area contributed by atoms with E-state index in [4.69, 9.17) is 5.11 Å². The van der Waals surface area contributed by atoms with Gasteiger partial charge in [-0.15, -0.1) is 0 Å². The van der Waals surface area contributed by atoms with Crippen LogP contribution in [0.1, 0.15) is 30.9 Å². The molecule has 1 saturated heterocycles. The van der Waals surface area contributed by atoms with Crippen molar-refractivity contribution < 1.29 is 9.90 Å². The smallest absolute Gasteiger partial charge is 0.407 e. The summed E-state index contributed by atoms with van der Waals surface area (Å²) >= 11 is 1.63. The van der Waals surface area contributed by atoms with Crippen molar-refractivity contribution in [2.24, 2.45) is 0 Å². The molecule has 1 N–H and O–H groups in total. The van der Waals surface area contributed by atoms with Crippen LogP contribution in [0.15, 0.2) is 16.8 Å². The van der Waals surface area contributed by atoms with Gasteiger partial charge in [0.05, 0.1) is 6.04 Å². The Morgan fingerprint density at radius 1 is 1.57 bits per heavy atom. The lowest BCUT2D eigenvalue weighted by Crippen LogP contribution is -2.37. The lowest BCUT2D eigenvalue weighted by atomic mass is 9.98. The summed E-state index contributed by atoms with van der Waals surface area (Å²) in [4.78, 5) is 12.6. The molecule has 0 radical (unpaired) electrons. The van der Waals surface area contributed by atoms with Crippen LogP contribution in [0.4, 0.5) is 4.79 Å². The molecule has 1 aromatic heterocycles. The molecule has 1 aromatic rings. The Labute approximate surface area is 87.0 Å². The molecule has 0 spiro atoms. The van der Waals surface area contributed by atoms with E-state index in [0.29, 0.717) is 6.54 Å². The van der Waals surface area contributed by atoms with Gasteiger partial charge in [-0.2, -0.15) is 11.3 Å². The average Bonchev–Trinajstić information content (AvgIpc) is 2.70. The van der Waals surface area contributed by atoms with Gasteiger partial charge in [-0.25, -0.2) is 4.79 Å². The highest BCUT2D eigenvalue weighted by atomic mass is 32.1. The topological polar surface area (TPSA) is 40.5 Å². The number of hydrogen-bond donors (Lipinski definition) is 1. The average molecular weight is 211 g/mol. The van der Waals surface area contributed by atoms with Crippen LogP contribution in [0.2, 0.25) is 0 Å². The molecule has 0 saturated carbocycles. The molecule has 1 amide bonds. The summed E-state index contributed by atoms with van der Waals surface area (Å²) in [6.07, 6.45) is 2.29. The molecule has 0 bridgehead atoms. The first-order valence-corrected chi connectivity index (χ1v) is 5.75. The second-order valence-electron chi connectivity index (χ2n) is 3.54. The first-order chi connectivity index (χ1) is 6.79. The highest BCUT2D eigenvalue weighted by Gasteiger charge is 2.27. The fourth-order valence-corrected chi connectivity index (χ4v) is 2.68. The van der Waals surface area contributed by atoms with Crippen LogP contribution in [0.3, 0.4) is 0 Å². The van der Waals surface area contributed by atoms with Gasteiger partial charge in [0.25, 0.3) is 0 Å². The van der Waals surface area contributed by atoms with Crippen molar-refractivity contribution in [3.8, 4) is 0 Å². The number of carboxylic acid groups (broad SMARTS) is 1. The molecule has 2 rings (SSSR count). The van der Waals surface area contributed by atoms with Gasteiger partial charge in [-0.05, 0) is 41.7 Å². The summed E-state index contributed by atoms with van der Waals surface area (Å²) in [6, 6.07) is 2.11. The van der Waals surface area contributed by atoms with Crippen LogP contribution in [-0.4, -0.2) is 22.6 Å². The van der Waals surface area contributed by atoms with Gasteiger partial charge in [0.1, 0.15) is 0 Å². The third-order valence-electron chi connectivity index (χ3n) is 2.68. The zero-order valence-electron chi connectivity index (χ0n) is 7.85. The maximum Gasteiger partial charge on any atom is 0.407 e. The number of thiophene rings is 1. The van der Waals surface area contributed by atoms with Gasteiger partial charge < -0.3 is 10.0 Å². The van der Waals surface area contributed by atoms with E-state index in [9.17, 15) is 4.79 Å². The normalized spacial score (nSPS) is 22.3. The predicted octanol–water partition coefficient (Wildman–Crippen LogP) is 2.95. The first kappa shape index (κ1) is 9.52. The van der Waals surface area contributed by atoms with E-state index in [2.05, 4.69) is 0 Å². The summed E-state index contributed by atoms with van der Waals surface area (Å²) in [5, 5.41) is 13.1. The molecular weight excluding hydrogens is 198 g/mol. The number of likely N-dealkylation sites (tertiary alicyclic amines) is 1. The highest BCUT2D eigenvalue weighted by Crippen LogP contribution is 2.31. The van der Waals surface area contributed by atoms with E-state index in [-0.39, 0.29) is 6.04 Å². The molecule has 1 aliphatic heterocycles. The van der Waals surface area contributed by atoms with Crippen molar-refractivity contribution in [2.45, 2.75) is 25.3 Å². The Bertz CT molecular complexity index is 310. The zero-order valence-corrected chi connectivity index (χ0v) is 8.67. The number of piperidine rings is 1. The fourth-order valence-electron chi connectivity index (χ4n) is 1.97. The molecule has 3 nitrogen and oxygen atoms in total. The number of hydrogen-bond acceptors (Lipinski definition) is 2. The van der Waals surface area contributed by atoms with E-state index in [1.807, 2.05) is 16.8 Å². The Hall–Kier alpha value is -1.03. The van der Waals surface area contributed by atoms with Crippen LogP contribution >= 0.6 is 11.3 Å². The minimum Gasteiger partial charge on any atom is -0.465 e. The maximum absolute atomic E-state index is 11.0. The van der Waals surface area contributed by atoms with E-state index < -0.39 is 6.09 Å². The Balaban J connectivity index is 2.18. The molecule has 1 unspecified atom stereocenters. The van der Waals surface area contributed by atoms with Crippen molar-refractivity contribution >= 4 is 17.4 Å². The Morgan fingerprint density at radius 3 is 3.07 bits per heavy atom. The fraction of sp³-hybridized carbons (Fsp3) is 0.500. The van der Waals surface area contributed by atoms with Gasteiger partial charge in [0.15, 0.2) is 0 Å².